The maximum Gasteiger partial charge on any atom is 0.335 e. The average molecular weight is 393 g/mol. The first kappa shape index (κ1) is 14.6. The lowest BCUT2D eigenvalue weighted by Gasteiger charge is -2.35. The normalized spacial score (nSPS) is 12.4. The Morgan fingerprint density at radius 1 is 1.43 bits per heavy atom. The lowest BCUT2D eigenvalue weighted by molar-refractivity contribution is -0.144. The van der Waals surface area contributed by atoms with Gasteiger partial charge in [0.05, 0.1) is 0 Å². The first-order chi connectivity index (χ1) is 6.14. The van der Waals surface area contributed by atoms with Crippen LogP contribution >= 0.6 is 47.8 Å². The largest absolute Gasteiger partial charge is 0.433 e. The van der Waals surface area contributed by atoms with E-state index >= 15 is 0 Å². The molecule has 0 spiro atoms. The van der Waals surface area contributed by atoms with Gasteiger partial charge in [0.2, 0.25) is 3.42 Å². The first-order valence-electron chi connectivity index (χ1n) is 3.96. The van der Waals surface area contributed by atoms with Gasteiger partial charge >= 0.3 is 5.97 Å². The van der Waals surface area contributed by atoms with Crippen molar-refractivity contribution < 1.29 is 9.53 Å². The summed E-state index contributed by atoms with van der Waals surface area (Å²) >= 11 is 10.0. The molecule has 0 N–H and O–H groups in total. The van der Waals surface area contributed by atoms with E-state index in [2.05, 4.69) is 54.4 Å². The Kier molecular flexibility index (Phi) is 5.36. The summed E-state index contributed by atoms with van der Waals surface area (Å²) < 4.78 is 4.34. The smallest absolute Gasteiger partial charge is 0.335 e. The number of alkyl halides is 3. The van der Waals surface area contributed by atoms with Crippen molar-refractivity contribution in [3.05, 3.63) is 12.2 Å². The van der Waals surface area contributed by atoms with Crippen LogP contribution in [0, 0.1) is 5.41 Å². The summed E-state index contributed by atoms with van der Waals surface area (Å²) in [6, 6.07) is 0. The third-order valence-electron chi connectivity index (χ3n) is 1.69. The van der Waals surface area contributed by atoms with E-state index in [1.165, 1.54) is 0 Å². The van der Waals surface area contributed by atoms with Crippen molar-refractivity contribution in [1.29, 1.82) is 0 Å². The third kappa shape index (κ3) is 3.66. The van der Waals surface area contributed by atoms with Crippen molar-refractivity contribution in [2.75, 3.05) is 5.33 Å². The monoisotopic (exact) mass is 390 g/mol. The van der Waals surface area contributed by atoms with Gasteiger partial charge in [0.1, 0.15) is 0 Å². The molecule has 0 amide bonds. The molecule has 2 nitrogen and oxygen atoms in total. The average Bonchev–Trinajstić information content (AvgIpc) is 2.03. The molecule has 0 saturated heterocycles. The Bertz CT molecular complexity index is 246. The molecule has 0 saturated carbocycles. The predicted octanol–water partition coefficient (Wildman–Crippen LogP) is 3.97. The minimum Gasteiger partial charge on any atom is -0.433 e. The van der Waals surface area contributed by atoms with Crippen molar-refractivity contribution in [2.45, 2.75) is 24.2 Å². The summed E-state index contributed by atoms with van der Waals surface area (Å²) in [7, 11) is 0. The molecule has 0 rings (SSSR count). The maximum absolute atomic E-state index is 11.3. The highest BCUT2D eigenvalue weighted by Crippen LogP contribution is 2.46. The summed E-state index contributed by atoms with van der Waals surface area (Å²) in [6.07, 6.45) is 0. The summed E-state index contributed by atoms with van der Waals surface area (Å²) in [4.78, 5) is 11.3. The molecule has 0 radical (unpaired) electrons. The molecular weight excluding hydrogens is 380 g/mol. The van der Waals surface area contributed by atoms with E-state index in [-0.39, 0.29) is 5.41 Å². The number of esters is 1. The molecule has 0 atom stereocenters. The molecule has 0 aromatic carbocycles. The topological polar surface area (TPSA) is 26.3 Å². The van der Waals surface area contributed by atoms with Crippen LogP contribution in [-0.2, 0) is 9.53 Å². The SMILES string of the molecule is C=C(C)C(=O)OC(Br)(Br)C(C)(C)CBr. The lowest BCUT2D eigenvalue weighted by Crippen LogP contribution is -2.39. The van der Waals surface area contributed by atoms with E-state index in [0.29, 0.717) is 10.9 Å². The number of ether oxygens (including phenoxy) is 1. The van der Waals surface area contributed by atoms with Gasteiger partial charge < -0.3 is 4.74 Å². The van der Waals surface area contributed by atoms with Crippen molar-refractivity contribution in [3.63, 3.8) is 0 Å². The molecule has 0 unspecified atom stereocenters. The van der Waals surface area contributed by atoms with Crippen molar-refractivity contribution in [1.82, 2.24) is 0 Å². The second kappa shape index (κ2) is 5.12. The minimum atomic E-state index is -0.882. The molecule has 0 aliphatic carbocycles. The van der Waals surface area contributed by atoms with E-state index in [9.17, 15) is 4.79 Å². The van der Waals surface area contributed by atoms with E-state index in [0.717, 1.165) is 0 Å². The highest BCUT2D eigenvalue weighted by molar-refractivity contribution is 9.25. The van der Waals surface area contributed by atoms with Crippen LogP contribution in [0.25, 0.3) is 0 Å². The zero-order chi connectivity index (χ0) is 11.6. The Morgan fingerprint density at radius 2 is 1.86 bits per heavy atom. The van der Waals surface area contributed by atoms with Gasteiger partial charge in [-0.15, -0.1) is 0 Å². The standard InChI is InChI=1S/C9H13Br3O2/c1-6(2)7(13)14-9(11,12)8(3,4)5-10/h1,5H2,2-4H3. The molecule has 0 aromatic heterocycles. The maximum atomic E-state index is 11.3. The Hall–Kier alpha value is 0.650. The lowest BCUT2D eigenvalue weighted by atomic mass is 9.98. The van der Waals surface area contributed by atoms with E-state index in [1.807, 2.05) is 13.8 Å². The van der Waals surface area contributed by atoms with Gasteiger partial charge in [-0.25, -0.2) is 4.79 Å². The van der Waals surface area contributed by atoms with Crippen LogP contribution in [0.1, 0.15) is 20.8 Å². The predicted molar refractivity (Wildman–Crippen MR) is 69.1 cm³/mol. The van der Waals surface area contributed by atoms with Crippen molar-refractivity contribution in [2.24, 2.45) is 5.41 Å². The minimum absolute atomic E-state index is 0.280. The molecular formula is C9H13Br3O2. The molecule has 0 bridgehead atoms. The highest BCUT2D eigenvalue weighted by atomic mass is 79.9. The molecule has 0 aromatic rings. The van der Waals surface area contributed by atoms with Crippen LogP contribution in [-0.4, -0.2) is 14.7 Å². The first-order valence-corrected chi connectivity index (χ1v) is 6.67. The number of rotatable bonds is 4. The highest BCUT2D eigenvalue weighted by Gasteiger charge is 2.43. The summed E-state index contributed by atoms with van der Waals surface area (Å²) in [6.45, 7) is 9.04. The Morgan fingerprint density at radius 3 is 2.14 bits per heavy atom. The molecule has 0 heterocycles. The molecule has 82 valence electrons. The van der Waals surface area contributed by atoms with Gasteiger partial charge in [-0.1, -0.05) is 36.4 Å². The van der Waals surface area contributed by atoms with Gasteiger partial charge in [0.25, 0.3) is 0 Å². The van der Waals surface area contributed by atoms with Gasteiger partial charge in [0.15, 0.2) is 0 Å². The second-order valence-corrected chi connectivity index (χ2v) is 7.56. The van der Waals surface area contributed by atoms with Crippen LogP contribution in [0.5, 0.6) is 0 Å². The Labute approximate surface area is 110 Å². The summed E-state index contributed by atoms with van der Waals surface area (Å²) in [5.74, 6) is -0.423. The summed E-state index contributed by atoms with van der Waals surface area (Å²) in [5.41, 5.74) is 0.0941. The number of halogens is 3. The van der Waals surface area contributed by atoms with Crippen LogP contribution in [0.3, 0.4) is 0 Å². The van der Waals surface area contributed by atoms with E-state index in [1.54, 1.807) is 6.92 Å². The van der Waals surface area contributed by atoms with Crippen LogP contribution in [0.2, 0.25) is 0 Å². The Balaban J connectivity index is 4.65. The van der Waals surface area contributed by atoms with Gasteiger partial charge in [-0.05, 0) is 38.8 Å². The van der Waals surface area contributed by atoms with E-state index in [4.69, 9.17) is 4.74 Å². The fourth-order valence-electron chi connectivity index (χ4n) is 0.419. The molecule has 14 heavy (non-hydrogen) atoms. The van der Waals surface area contributed by atoms with Crippen molar-refractivity contribution >= 4 is 53.8 Å². The van der Waals surface area contributed by atoms with Crippen LogP contribution in [0.4, 0.5) is 0 Å². The second-order valence-electron chi connectivity index (χ2n) is 3.70. The van der Waals surface area contributed by atoms with E-state index < -0.39 is 9.39 Å². The number of hydrogen-bond donors (Lipinski definition) is 0. The van der Waals surface area contributed by atoms with Crippen LogP contribution in [0.15, 0.2) is 12.2 Å². The fourth-order valence-corrected chi connectivity index (χ4v) is 2.14. The number of carbonyl (C=O) groups excluding carboxylic acids is 1. The molecule has 0 aliphatic rings. The van der Waals surface area contributed by atoms with Crippen LogP contribution < -0.4 is 0 Å². The zero-order valence-corrected chi connectivity index (χ0v) is 13.1. The van der Waals surface area contributed by atoms with Gasteiger partial charge in [-0.2, -0.15) is 0 Å². The molecule has 0 fully saturated rings. The number of carbonyl (C=O) groups is 1. The van der Waals surface area contributed by atoms with Gasteiger partial charge in [-0.3, -0.25) is 0 Å². The quantitative estimate of drug-likeness (QED) is 0.411. The molecule has 0 aliphatic heterocycles. The number of hydrogen-bond acceptors (Lipinski definition) is 2. The fraction of sp³-hybridized carbons (Fsp3) is 0.667. The zero-order valence-electron chi connectivity index (χ0n) is 8.36. The summed E-state index contributed by atoms with van der Waals surface area (Å²) in [5, 5.41) is 0.681. The van der Waals surface area contributed by atoms with Gasteiger partial charge in [0, 0.05) is 16.3 Å². The third-order valence-corrected chi connectivity index (χ3v) is 5.56. The molecule has 5 heteroatoms. The van der Waals surface area contributed by atoms with Crippen molar-refractivity contribution in [3.8, 4) is 0 Å².